The van der Waals surface area contributed by atoms with Crippen LogP contribution in [0, 0.1) is 18.3 Å². The summed E-state index contributed by atoms with van der Waals surface area (Å²) in [6.07, 6.45) is 0. The number of para-hydroxylation sites is 1. The summed E-state index contributed by atoms with van der Waals surface area (Å²) in [5.74, 6) is -0.768. The smallest absolute Gasteiger partial charge is 0.284 e. The van der Waals surface area contributed by atoms with Gasteiger partial charge < -0.3 is 19.0 Å². The number of pyridine rings is 1. The Balaban J connectivity index is 1.93. The zero-order chi connectivity index (χ0) is 21.8. The summed E-state index contributed by atoms with van der Waals surface area (Å²) in [4.78, 5) is 25.0. The summed E-state index contributed by atoms with van der Waals surface area (Å²) < 4.78 is 7.86. The first-order chi connectivity index (χ1) is 14.4. The van der Waals surface area contributed by atoms with Crippen molar-refractivity contribution in [2.45, 2.75) is 33.5 Å². The summed E-state index contributed by atoms with van der Waals surface area (Å²) in [6.45, 7) is 3.81. The van der Waals surface area contributed by atoms with Crippen LogP contribution in [0.3, 0.4) is 0 Å². The number of benzene rings is 1. The highest BCUT2D eigenvalue weighted by molar-refractivity contribution is 5.95. The highest BCUT2D eigenvalue weighted by Crippen LogP contribution is 2.38. The first-order valence-corrected chi connectivity index (χ1v) is 9.30. The average molecular weight is 407 g/mol. The predicted molar refractivity (Wildman–Crippen MR) is 110 cm³/mol. The van der Waals surface area contributed by atoms with Crippen LogP contribution in [0.5, 0.6) is 5.88 Å². The van der Waals surface area contributed by atoms with Crippen molar-refractivity contribution < 1.29 is 14.6 Å². The first-order valence-electron chi connectivity index (χ1n) is 9.30. The minimum Gasteiger partial charge on any atom is -0.493 e. The van der Waals surface area contributed by atoms with E-state index in [1.807, 2.05) is 25.1 Å². The molecule has 1 amide bonds. The summed E-state index contributed by atoms with van der Waals surface area (Å²) in [7, 11) is 1.47. The standard InChI is InChI=1S/C21H21N5O4/c1-4-25-17-8-6-5-7-15(17)19(21(25)29)24-23-18(27)11-26-13(2)9-14(12-30-3)16(10-22)20(26)28/h5-9,29H,4,11-12H2,1-3H3. The fourth-order valence-electron chi connectivity index (χ4n) is 3.38. The molecule has 0 atom stereocenters. The van der Waals surface area contributed by atoms with Crippen molar-refractivity contribution in [2.75, 3.05) is 7.11 Å². The summed E-state index contributed by atoms with van der Waals surface area (Å²) in [6, 6.07) is 10.8. The number of hydrogen-bond donors (Lipinski definition) is 1. The number of fused-ring (bicyclic) bond motifs is 1. The van der Waals surface area contributed by atoms with Crippen molar-refractivity contribution in [3.63, 3.8) is 0 Å². The van der Waals surface area contributed by atoms with Crippen LogP contribution in [0.15, 0.2) is 45.4 Å². The number of aromatic nitrogens is 2. The Hall–Kier alpha value is -3.77. The van der Waals surface area contributed by atoms with Crippen molar-refractivity contribution in [1.82, 2.24) is 9.13 Å². The van der Waals surface area contributed by atoms with Gasteiger partial charge in [0.15, 0.2) is 5.69 Å². The molecule has 0 saturated heterocycles. The lowest BCUT2D eigenvalue weighted by atomic mass is 10.1. The molecule has 0 aliphatic carbocycles. The van der Waals surface area contributed by atoms with Gasteiger partial charge in [-0.2, -0.15) is 5.26 Å². The highest BCUT2D eigenvalue weighted by Gasteiger charge is 2.17. The maximum Gasteiger partial charge on any atom is 0.284 e. The van der Waals surface area contributed by atoms with E-state index < -0.39 is 11.5 Å². The molecular weight excluding hydrogens is 386 g/mol. The van der Waals surface area contributed by atoms with Gasteiger partial charge in [0, 0.05) is 30.3 Å². The van der Waals surface area contributed by atoms with Crippen LogP contribution in [0.25, 0.3) is 10.9 Å². The number of nitrogens with zero attached hydrogens (tertiary/aromatic N) is 5. The van der Waals surface area contributed by atoms with E-state index in [2.05, 4.69) is 10.2 Å². The average Bonchev–Trinajstić information content (AvgIpc) is 3.00. The van der Waals surface area contributed by atoms with Crippen molar-refractivity contribution >= 4 is 22.5 Å². The monoisotopic (exact) mass is 407 g/mol. The lowest BCUT2D eigenvalue weighted by molar-refractivity contribution is -0.118. The number of amides is 1. The van der Waals surface area contributed by atoms with Crippen LogP contribution in [-0.4, -0.2) is 27.3 Å². The highest BCUT2D eigenvalue weighted by atomic mass is 16.5. The molecule has 1 aromatic carbocycles. The molecule has 2 aromatic heterocycles. The molecule has 30 heavy (non-hydrogen) atoms. The predicted octanol–water partition coefficient (Wildman–Crippen LogP) is 3.17. The van der Waals surface area contributed by atoms with Crippen LogP contribution < -0.4 is 5.56 Å². The van der Waals surface area contributed by atoms with Gasteiger partial charge in [0.1, 0.15) is 18.2 Å². The zero-order valence-electron chi connectivity index (χ0n) is 16.9. The second-order valence-corrected chi connectivity index (χ2v) is 6.65. The number of azo groups is 1. The topological polar surface area (TPSA) is 122 Å². The number of ether oxygens (including phenoxy) is 1. The van der Waals surface area contributed by atoms with Gasteiger partial charge in [-0.15, -0.1) is 10.2 Å². The van der Waals surface area contributed by atoms with Crippen LogP contribution in [0.1, 0.15) is 23.7 Å². The fourth-order valence-corrected chi connectivity index (χ4v) is 3.38. The third-order valence-electron chi connectivity index (χ3n) is 4.79. The van der Waals surface area contributed by atoms with Gasteiger partial charge in [-0.1, -0.05) is 18.2 Å². The third-order valence-corrected chi connectivity index (χ3v) is 4.79. The zero-order valence-corrected chi connectivity index (χ0v) is 16.9. The largest absolute Gasteiger partial charge is 0.493 e. The van der Waals surface area contributed by atoms with Gasteiger partial charge in [-0.25, -0.2) is 0 Å². The number of nitriles is 1. The molecule has 0 aliphatic heterocycles. The molecule has 2 heterocycles. The van der Waals surface area contributed by atoms with E-state index in [4.69, 9.17) is 4.74 Å². The molecular formula is C21H21N5O4. The molecule has 9 heteroatoms. The fraction of sp³-hybridized carbons (Fsp3) is 0.286. The van der Waals surface area contributed by atoms with Crippen molar-refractivity contribution in [3.05, 3.63) is 57.5 Å². The summed E-state index contributed by atoms with van der Waals surface area (Å²) >= 11 is 0. The van der Waals surface area contributed by atoms with E-state index in [0.29, 0.717) is 23.2 Å². The molecule has 0 saturated carbocycles. The van der Waals surface area contributed by atoms with Crippen LogP contribution in [0.4, 0.5) is 5.69 Å². The van der Waals surface area contributed by atoms with Gasteiger partial charge in [-0.05, 0) is 26.0 Å². The van der Waals surface area contributed by atoms with Gasteiger partial charge >= 0.3 is 0 Å². The number of aromatic hydroxyl groups is 1. The minimum atomic E-state index is -0.684. The van der Waals surface area contributed by atoms with E-state index >= 15 is 0 Å². The van der Waals surface area contributed by atoms with E-state index in [0.717, 1.165) is 5.52 Å². The minimum absolute atomic E-state index is 0.0733. The molecule has 0 bridgehead atoms. The van der Waals surface area contributed by atoms with Gasteiger partial charge in [-0.3, -0.25) is 9.59 Å². The Morgan fingerprint density at radius 2 is 2.03 bits per heavy atom. The van der Waals surface area contributed by atoms with Crippen molar-refractivity contribution in [2.24, 2.45) is 10.2 Å². The Bertz CT molecular complexity index is 1250. The molecule has 0 fully saturated rings. The molecule has 9 nitrogen and oxygen atoms in total. The van der Waals surface area contributed by atoms with Gasteiger partial charge in [0.05, 0.1) is 12.1 Å². The van der Waals surface area contributed by atoms with Gasteiger partial charge in [0.25, 0.3) is 11.5 Å². The van der Waals surface area contributed by atoms with Gasteiger partial charge in [0.2, 0.25) is 5.88 Å². The summed E-state index contributed by atoms with van der Waals surface area (Å²) in [5, 5.41) is 28.1. The Labute approximate surface area is 172 Å². The SMILES string of the molecule is CCn1c(O)c(N=NC(=O)Cn2c(C)cc(COC)c(C#N)c2=O)c2ccccc21. The molecule has 3 aromatic rings. The number of methoxy groups -OCH3 is 1. The Morgan fingerprint density at radius 3 is 2.70 bits per heavy atom. The van der Waals surface area contributed by atoms with Crippen LogP contribution in [-0.2, 0) is 29.2 Å². The molecule has 0 aliphatic rings. The van der Waals surface area contributed by atoms with E-state index in [-0.39, 0.29) is 30.3 Å². The van der Waals surface area contributed by atoms with E-state index in [9.17, 15) is 20.0 Å². The van der Waals surface area contributed by atoms with Crippen LogP contribution >= 0.6 is 0 Å². The molecule has 3 rings (SSSR count). The van der Waals surface area contributed by atoms with Crippen molar-refractivity contribution in [1.29, 1.82) is 5.26 Å². The van der Waals surface area contributed by atoms with Crippen LogP contribution in [0.2, 0.25) is 0 Å². The molecule has 1 N–H and O–H groups in total. The maximum atomic E-state index is 12.6. The third kappa shape index (κ3) is 3.73. The van der Waals surface area contributed by atoms with Crippen molar-refractivity contribution in [3.8, 4) is 11.9 Å². The number of carbonyl (C=O) groups excluding carboxylic acids is 1. The number of carbonyl (C=O) groups is 1. The van der Waals surface area contributed by atoms with E-state index in [1.54, 1.807) is 29.7 Å². The number of hydrogen-bond acceptors (Lipinski definition) is 6. The molecule has 0 spiro atoms. The normalized spacial score (nSPS) is 11.3. The Morgan fingerprint density at radius 1 is 1.30 bits per heavy atom. The number of aryl methyl sites for hydroxylation is 2. The first kappa shape index (κ1) is 21.0. The second-order valence-electron chi connectivity index (χ2n) is 6.65. The number of rotatable bonds is 6. The lowest BCUT2D eigenvalue weighted by Gasteiger charge is -2.11. The quantitative estimate of drug-likeness (QED) is 0.629. The molecule has 0 unspecified atom stereocenters. The second kappa shape index (κ2) is 8.71. The van der Waals surface area contributed by atoms with E-state index in [1.165, 1.54) is 11.7 Å². The Kier molecular flexibility index (Phi) is 6.09. The summed E-state index contributed by atoms with van der Waals surface area (Å²) in [5.41, 5.74) is 1.27. The molecule has 0 radical (unpaired) electrons. The molecule has 154 valence electrons. The lowest BCUT2D eigenvalue weighted by Crippen LogP contribution is -2.28. The maximum absolute atomic E-state index is 12.6.